The average molecular weight is 475 g/mol. The number of halogens is 1. The van der Waals surface area contributed by atoms with Crippen LogP contribution in [0.5, 0.6) is 17.2 Å². The van der Waals surface area contributed by atoms with Gasteiger partial charge < -0.3 is 14.8 Å². The van der Waals surface area contributed by atoms with Crippen LogP contribution in [0.3, 0.4) is 0 Å². The molecule has 0 heterocycles. The maximum Gasteiger partial charge on any atom is 0.247 e. The van der Waals surface area contributed by atoms with Crippen LogP contribution < -0.4 is 14.8 Å². The molecule has 0 spiro atoms. The first-order chi connectivity index (χ1) is 15.2. The fourth-order valence-electron chi connectivity index (χ4n) is 3.03. The molecule has 0 aliphatic heterocycles. The highest BCUT2D eigenvalue weighted by Gasteiger charge is 2.31. The topological polar surface area (TPSA) is 84.9 Å². The van der Waals surface area contributed by atoms with Crippen LogP contribution in [0, 0.1) is 0 Å². The smallest absolute Gasteiger partial charge is 0.247 e. The number of ether oxygens (including phenoxy) is 2. The van der Waals surface area contributed by atoms with Crippen LogP contribution in [0.15, 0.2) is 72.8 Å². The van der Waals surface area contributed by atoms with Crippen molar-refractivity contribution in [3.8, 4) is 17.2 Å². The van der Waals surface area contributed by atoms with E-state index in [-0.39, 0.29) is 0 Å². The summed E-state index contributed by atoms with van der Waals surface area (Å²) in [6.07, 6.45) is 1.05. The van der Waals surface area contributed by atoms with E-state index in [1.54, 1.807) is 73.8 Å². The lowest BCUT2D eigenvalue weighted by Gasteiger charge is -2.26. The first-order valence-electron chi connectivity index (χ1n) is 9.59. The monoisotopic (exact) mass is 474 g/mol. The minimum atomic E-state index is -3.66. The summed E-state index contributed by atoms with van der Waals surface area (Å²) < 4.78 is 36.6. The third-order valence-corrected chi connectivity index (χ3v) is 6.21. The summed E-state index contributed by atoms with van der Waals surface area (Å²) in [6, 6.07) is 19.3. The van der Waals surface area contributed by atoms with Gasteiger partial charge in [-0.3, -0.25) is 4.79 Å². The largest absolute Gasteiger partial charge is 0.497 e. The molecule has 9 heteroatoms. The Morgan fingerprint density at radius 2 is 1.69 bits per heavy atom. The average Bonchev–Trinajstić information content (AvgIpc) is 2.76. The summed E-state index contributed by atoms with van der Waals surface area (Å²) in [7, 11) is -0.751. The molecule has 1 atom stereocenters. The van der Waals surface area contributed by atoms with Gasteiger partial charge in [0.15, 0.2) is 5.75 Å². The highest BCUT2D eigenvalue weighted by molar-refractivity contribution is 7.88. The molecule has 0 aliphatic carbocycles. The van der Waals surface area contributed by atoms with Crippen molar-refractivity contribution in [3.63, 3.8) is 0 Å². The zero-order chi connectivity index (χ0) is 23.3. The Labute approximate surface area is 192 Å². The van der Waals surface area contributed by atoms with Crippen LogP contribution in [0.25, 0.3) is 0 Å². The second-order valence-electron chi connectivity index (χ2n) is 7.00. The number of sulfonamides is 1. The third kappa shape index (κ3) is 5.79. The summed E-state index contributed by atoms with van der Waals surface area (Å²) in [6.45, 7) is 0. The Kier molecular flexibility index (Phi) is 7.40. The third-order valence-electron chi connectivity index (χ3n) is 4.72. The molecule has 0 aromatic heterocycles. The van der Waals surface area contributed by atoms with Crippen molar-refractivity contribution in [3.05, 3.63) is 83.4 Å². The lowest BCUT2D eigenvalue weighted by Crippen LogP contribution is -2.38. The molecule has 3 aromatic carbocycles. The van der Waals surface area contributed by atoms with Crippen molar-refractivity contribution < 1.29 is 22.7 Å². The number of benzene rings is 3. The molecule has 32 heavy (non-hydrogen) atoms. The highest BCUT2D eigenvalue weighted by atomic mass is 35.5. The van der Waals surface area contributed by atoms with Gasteiger partial charge in [-0.05, 0) is 35.9 Å². The fraction of sp³-hybridized carbons (Fsp3) is 0.174. The van der Waals surface area contributed by atoms with Gasteiger partial charge in [0.1, 0.15) is 17.5 Å². The van der Waals surface area contributed by atoms with Crippen molar-refractivity contribution in [1.29, 1.82) is 0 Å². The van der Waals surface area contributed by atoms with E-state index in [0.717, 1.165) is 10.6 Å². The quantitative estimate of drug-likeness (QED) is 0.511. The summed E-state index contributed by atoms with van der Waals surface area (Å²) in [4.78, 5) is 13.3. The SMILES string of the molecule is COc1cccc(Oc2ccc(Cl)cc2NC(=O)C(c2ccccc2)N(C)S(C)(=O)=O)c1. The van der Waals surface area contributed by atoms with Crippen LogP contribution in [0.2, 0.25) is 5.02 Å². The van der Waals surface area contributed by atoms with Gasteiger partial charge >= 0.3 is 0 Å². The molecule has 1 N–H and O–H groups in total. The molecule has 0 bridgehead atoms. The molecule has 168 valence electrons. The van der Waals surface area contributed by atoms with E-state index in [2.05, 4.69) is 5.32 Å². The summed E-state index contributed by atoms with van der Waals surface area (Å²) >= 11 is 6.15. The van der Waals surface area contributed by atoms with Gasteiger partial charge in [0.2, 0.25) is 15.9 Å². The Balaban J connectivity index is 1.95. The van der Waals surface area contributed by atoms with Crippen LogP contribution >= 0.6 is 11.6 Å². The number of carbonyl (C=O) groups excluding carboxylic acids is 1. The van der Waals surface area contributed by atoms with Crippen LogP contribution in [-0.4, -0.2) is 39.0 Å². The zero-order valence-corrected chi connectivity index (χ0v) is 19.4. The van der Waals surface area contributed by atoms with Gasteiger partial charge in [0.05, 0.1) is 19.1 Å². The normalized spacial score (nSPS) is 12.3. The number of hydrogen-bond donors (Lipinski definition) is 1. The Morgan fingerprint density at radius 1 is 1.00 bits per heavy atom. The van der Waals surface area contributed by atoms with E-state index in [1.807, 2.05) is 0 Å². The number of methoxy groups -OCH3 is 1. The van der Waals surface area contributed by atoms with Crippen molar-refractivity contribution in [2.75, 3.05) is 25.7 Å². The number of rotatable bonds is 8. The Hall–Kier alpha value is -3.07. The molecular weight excluding hydrogens is 452 g/mol. The van der Waals surface area contributed by atoms with Gasteiger partial charge in [-0.1, -0.05) is 48.0 Å². The van der Waals surface area contributed by atoms with Crippen molar-refractivity contribution in [1.82, 2.24) is 4.31 Å². The number of hydrogen-bond acceptors (Lipinski definition) is 5. The maximum atomic E-state index is 13.3. The van der Waals surface area contributed by atoms with E-state index in [9.17, 15) is 13.2 Å². The van der Waals surface area contributed by atoms with Gasteiger partial charge in [-0.2, -0.15) is 4.31 Å². The van der Waals surface area contributed by atoms with Gasteiger partial charge in [0.25, 0.3) is 0 Å². The highest BCUT2D eigenvalue weighted by Crippen LogP contribution is 2.34. The number of anilines is 1. The number of nitrogens with one attached hydrogen (secondary N) is 1. The standard InChI is InChI=1S/C23H23ClN2O5S/c1-26(32(3,28)29)22(16-8-5-4-6-9-16)23(27)25-20-14-17(24)12-13-21(20)31-19-11-7-10-18(15-19)30-2/h4-15,22H,1-3H3,(H,25,27). The van der Waals surface area contributed by atoms with Gasteiger partial charge in [-0.25, -0.2) is 8.42 Å². The van der Waals surface area contributed by atoms with E-state index in [4.69, 9.17) is 21.1 Å². The molecule has 1 unspecified atom stereocenters. The number of nitrogens with zero attached hydrogens (tertiary/aromatic N) is 1. The summed E-state index contributed by atoms with van der Waals surface area (Å²) in [5.41, 5.74) is 0.823. The molecule has 0 saturated heterocycles. The van der Waals surface area contributed by atoms with Crippen molar-refractivity contribution in [2.24, 2.45) is 0 Å². The number of likely N-dealkylation sites (N-methyl/N-ethyl adjacent to an activating group) is 1. The second-order valence-corrected chi connectivity index (χ2v) is 9.48. The van der Waals surface area contributed by atoms with E-state index < -0.39 is 22.0 Å². The molecular formula is C23H23ClN2O5S. The van der Waals surface area contributed by atoms with Crippen LogP contribution in [-0.2, 0) is 14.8 Å². The molecule has 7 nitrogen and oxygen atoms in total. The van der Waals surface area contributed by atoms with Crippen molar-refractivity contribution >= 4 is 33.2 Å². The fourth-order valence-corrected chi connectivity index (χ4v) is 3.81. The minimum Gasteiger partial charge on any atom is -0.497 e. The lowest BCUT2D eigenvalue weighted by molar-refractivity contribution is -0.119. The van der Waals surface area contributed by atoms with Gasteiger partial charge in [-0.15, -0.1) is 0 Å². The Morgan fingerprint density at radius 3 is 2.34 bits per heavy atom. The van der Waals surface area contributed by atoms with E-state index in [1.165, 1.54) is 13.1 Å². The first-order valence-corrected chi connectivity index (χ1v) is 11.8. The molecule has 3 rings (SSSR count). The predicted octanol–water partition coefficient (Wildman–Crippen LogP) is 4.71. The van der Waals surface area contributed by atoms with E-state index in [0.29, 0.717) is 33.5 Å². The molecule has 0 saturated carbocycles. The molecule has 0 fully saturated rings. The van der Waals surface area contributed by atoms with E-state index >= 15 is 0 Å². The minimum absolute atomic E-state index is 0.299. The summed E-state index contributed by atoms with van der Waals surface area (Å²) in [5, 5.41) is 3.15. The van der Waals surface area contributed by atoms with Crippen LogP contribution in [0.4, 0.5) is 5.69 Å². The number of carbonyl (C=O) groups is 1. The number of amides is 1. The maximum absolute atomic E-state index is 13.3. The summed E-state index contributed by atoms with van der Waals surface area (Å²) in [5.74, 6) is 0.891. The molecule has 0 aliphatic rings. The van der Waals surface area contributed by atoms with Crippen molar-refractivity contribution in [2.45, 2.75) is 6.04 Å². The molecule has 3 aromatic rings. The zero-order valence-electron chi connectivity index (χ0n) is 17.8. The predicted molar refractivity (Wildman–Crippen MR) is 125 cm³/mol. The first kappa shape index (κ1) is 23.6. The molecule has 1 amide bonds. The van der Waals surface area contributed by atoms with Crippen LogP contribution in [0.1, 0.15) is 11.6 Å². The molecule has 0 radical (unpaired) electrons. The van der Waals surface area contributed by atoms with Gasteiger partial charge in [0, 0.05) is 18.1 Å². The second kappa shape index (κ2) is 10.0. The lowest BCUT2D eigenvalue weighted by atomic mass is 10.1. The Bertz CT molecular complexity index is 1200.